The van der Waals surface area contributed by atoms with Gasteiger partial charge in [0.15, 0.2) is 0 Å². The van der Waals surface area contributed by atoms with Gasteiger partial charge in [-0.2, -0.15) is 0 Å². The first-order valence-corrected chi connectivity index (χ1v) is 8.12. The number of aromatic nitrogens is 2. The Morgan fingerprint density at radius 1 is 1.35 bits per heavy atom. The second-order valence-electron chi connectivity index (χ2n) is 6.85. The van der Waals surface area contributed by atoms with Crippen LogP contribution in [0.5, 0.6) is 0 Å². The highest BCUT2D eigenvalue weighted by atomic mass is 35.5. The topological polar surface area (TPSA) is 75.1 Å². The molecule has 1 saturated carbocycles. The van der Waals surface area contributed by atoms with E-state index in [4.69, 9.17) is 11.6 Å². The Morgan fingerprint density at radius 2 is 2.04 bits per heavy atom. The molecule has 0 aliphatic heterocycles. The minimum atomic E-state index is -0.677. The van der Waals surface area contributed by atoms with Gasteiger partial charge in [-0.1, -0.05) is 25.4 Å². The second-order valence-corrected chi connectivity index (χ2v) is 7.23. The predicted molar refractivity (Wildman–Crippen MR) is 89.7 cm³/mol. The third-order valence-corrected chi connectivity index (χ3v) is 4.52. The van der Waals surface area contributed by atoms with Gasteiger partial charge in [0.2, 0.25) is 0 Å². The third-order valence-electron chi connectivity index (χ3n) is 4.31. The number of nitrogens with zero attached hydrogens (tertiary/aromatic N) is 2. The van der Waals surface area contributed by atoms with E-state index in [0.717, 1.165) is 10.9 Å². The number of fused-ring (bicyclic) bond motifs is 1. The molecule has 0 unspecified atom stereocenters. The van der Waals surface area contributed by atoms with Crippen LogP contribution in [-0.4, -0.2) is 32.6 Å². The molecule has 6 heteroatoms. The van der Waals surface area contributed by atoms with Crippen molar-refractivity contribution in [2.24, 2.45) is 0 Å². The van der Waals surface area contributed by atoms with Gasteiger partial charge in [0.05, 0.1) is 5.60 Å². The maximum absolute atomic E-state index is 12.5. The van der Waals surface area contributed by atoms with Crippen molar-refractivity contribution in [1.82, 2.24) is 15.3 Å². The predicted octanol–water partition coefficient (Wildman–Crippen LogP) is 3.05. The molecule has 0 spiro atoms. The zero-order valence-electron chi connectivity index (χ0n) is 13.4. The number of carbonyl (C=O) groups is 1. The van der Waals surface area contributed by atoms with E-state index in [9.17, 15) is 9.90 Å². The SMILES string of the molecule is CC(C)c1cnc(C(=O)N[C@H]2C[C@@](C)(O)C2)c2cnc(Cl)cc12. The van der Waals surface area contributed by atoms with E-state index in [1.54, 1.807) is 25.4 Å². The lowest BCUT2D eigenvalue weighted by Gasteiger charge is -2.41. The smallest absolute Gasteiger partial charge is 0.270 e. The highest BCUT2D eigenvalue weighted by Gasteiger charge is 2.39. The molecular weight excluding hydrogens is 314 g/mol. The normalized spacial score (nSPS) is 23.8. The number of hydrogen-bond acceptors (Lipinski definition) is 4. The van der Waals surface area contributed by atoms with Gasteiger partial charge in [-0.25, -0.2) is 4.98 Å². The maximum Gasteiger partial charge on any atom is 0.270 e. The lowest BCUT2D eigenvalue weighted by molar-refractivity contribution is -0.0367. The van der Waals surface area contributed by atoms with E-state index in [0.29, 0.717) is 29.1 Å². The number of rotatable bonds is 3. The van der Waals surface area contributed by atoms with Gasteiger partial charge in [-0.15, -0.1) is 0 Å². The van der Waals surface area contributed by atoms with Gasteiger partial charge >= 0.3 is 0 Å². The minimum absolute atomic E-state index is 0.0145. The highest BCUT2D eigenvalue weighted by molar-refractivity contribution is 6.30. The van der Waals surface area contributed by atoms with Crippen molar-refractivity contribution in [3.63, 3.8) is 0 Å². The number of hydrogen-bond donors (Lipinski definition) is 2. The summed E-state index contributed by atoms with van der Waals surface area (Å²) in [6.07, 6.45) is 4.45. The first kappa shape index (κ1) is 16.1. The standard InChI is InChI=1S/C17H20ClN3O2/c1-9(2)12-7-20-15(13-8-19-14(18)4-11(12)13)16(22)21-10-5-17(3,23)6-10/h4,7-10,23H,5-6H2,1-3H3,(H,21,22)/t10-,17+. The third kappa shape index (κ3) is 3.16. The molecule has 0 radical (unpaired) electrons. The molecule has 0 bridgehead atoms. The van der Waals surface area contributed by atoms with Crippen LogP contribution in [0.15, 0.2) is 18.5 Å². The molecule has 2 aromatic heterocycles. The minimum Gasteiger partial charge on any atom is -0.390 e. The van der Waals surface area contributed by atoms with E-state index in [1.807, 2.05) is 0 Å². The van der Waals surface area contributed by atoms with E-state index in [1.165, 1.54) is 0 Å². The van der Waals surface area contributed by atoms with Crippen molar-refractivity contribution >= 4 is 28.3 Å². The van der Waals surface area contributed by atoms with Gasteiger partial charge in [0.1, 0.15) is 10.8 Å². The van der Waals surface area contributed by atoms with Gasteiger partial charge < -0.3 is 10.4 Å². The Bertz CT molecular complexity index is 766. The molecule has 0 aromatic carbocycles. The fourth-order valence-corrected chi connectivity index (χ4v) is 3.29. The molecule has 2 aromatic rings. The number of nitrogens with one attached hydrogen (secondary N) is 1. The molecule has 122 valence electrons. The lowest BCUT2D eigenvalue weighted by atomic mass is 9.77. The average Bonchev–Trinajstić information content (AvgIpc) is 2.43. The number of carbonyl (C=O) groups excluding carboxylic acids is 1. The van der Waals surface area contributed by atoms with Crippen molar-refractivity contribution in [3.05, 3.63) is 34.9 Å². The fraction of sp³-hybridized carbons (Fsp3) is 0.471. The molecule has 1 fully saturated rings. The van der Waals surface area contributed by atoms with E-state index in [-0.39, 0.29) is 17.9 Å². The second kappa shape index (κ2) is 5.73. The van der Waals surface area contributed by atoms with Crippen LogP contribution >= 0.6 is 11.6 Å². The molecule has 23 heavy (non-hydrogen) atoms. The monoisotopic (exact) mass is 333 g/mol. The molecular formula is C17H20ClN3O2. The van der Waals surface area contributed by atoms with Crippen LogP contribution < -0.4 is 5.32 Å². The summed E-state index contributed by atoms with van der Waals surface area (Å²) in [4.78, 5) is 21.0. The summed E-state index contributed by atoms with van der Waals surface area (Å²) >= 11 is 6.01. The van der Waals surface area contributed by atoms with Crippen molar-refractivity contribution < 1.29 is 9.90 Å². The number of amides is 1. The van der Waals surface area contributed by atoms with Gasteiger partial charge in [0, 0.05) is 23.8 Å². The Kier molecular flexibility index (Phi) is 4.02. The van der Waals surface area contributed by atoms with Crippen LogP contribution in [0.2, 0.25) is 5.15 Å². The Morgan fingerprint density at radius 3 is 2.65 bits per heavy atom. The molecule has 5 nitrogen and oxygen atoms in total. The number of aliphatic hydroxyl groups is 1. The molecule has 2 heterocycles. The van der Waals surface area contributed by atoms with Crippen LogP contribution in [0.25, 0.3) is 10.8 Å². The van der Waals surface area contributed by atoms with Crippen molar-refractivity contribution in [3.8, 4) is 0 Å². The largest absolute Gasteiger partial charge is 0.390 e. The quantitative estimate of drug-likeness (QED) is 0.846. The van der Waals surface area contributed by atoms with E-state index in [2.05, 4.69) is 29.1 Å². The summed E-state index contributed by atoms with van der Waals surface area (Å²) in [5.74, 6) is 0.0252. The summed E-state index contributed by atoms with van der Waals surface area (Å²) in [6, 6.07) is 1.76. The van der Waals surface area contributed by atoms with Crippen molar-refractivity contribution in [1.29, 1.82) is 0 Å². The lowest BCUT2D eigenvalue weighted by Crippen LogP contribution is -2.53. The van der Waals surface area contributed by atoms with E-state index >= 15 is 0 Å². The summed E-state index contributed by atoms with van der Waals surface area (Å²) in [5.41, 5.74) is 0.705. The summed E-state index contributed by atoms with van der Waals surface area (Å²) < 4.78 is 0. The fourth-order valence-electron chi connectivity index (χ4n) is 3.13. The van der Waals surface area contributed by atoms with Gasteiger partial charge in [-0.3, -0.25) is 9.78 Å². The van der Waals surface area contributed by atoms with Crippen LogP contribution in [0.3, 0.4) is 0 Å². The Balaban J connectivity index is 1.95. The molecule has 1 aliphatic carbocycles. The van der Waals surface area contributed by atoms with Gasteiger partial charge in [0.25, 0.3) is 5.91 Å². The van der Waals surface area contributed by atoms with Crippen LogP contribution in [0.4, 0.5) is 0 Å². The van der Waals surface area contributed by atoms with Crippen LogP contribution in [0.1, 0.15) is 55.6 Å². The molecule has 2 N–H and O–H groups in total. The van der Waals surface area contributed by atoms with Crippen molar-refractivity contribution in [2.75, 3.05) is 0 Å². The molecule has 0 saturated heterocycles. The molecule has 1 amide bonds. The summed E-state index contributed by atoms with van der Waals surface area (Å²) in [7, 11) is 0. The molecule has 1 aliphatic rings. The Hall–Kier alpha value is -1.72. The van der Waals surface area contributed by atoms with Gasteiger partial charge in [-0.05, 0) is 42.7 Å². The highest BCUT2D eigenvalue weighted by Crippen LogP contribution is 2.32. The molecule has 3 rings (SSSR count). The summed E-state index contributed by atoms with van der Waals surface area (Å²) in [5, 5.41) is 14.7. The molecule has 0 atom stereocenters. The summed E-state index contributed by atoms with van der Waals surface area (Å²) in [6.45, 7) is 5.91. The van der Waals surface area contributed by atoms with Crippen molar-refractivity contribution in [2.45, 2.75) is 51.2 Å². The zero-order valence-corrected chi connectivity index (χ0v) is 14.2. The first-order chi connectivity index (χ1) is 10.8. The van der Waals surface area contributed by atoms with Crippen LogP contribution in [-0.2, 0) is 0 Å². The van der Waals surface area contributed by atoms with Crippen LogP contribution in [0, 0.1) is 0 Å². The first-order valence-electron chi connectivity index (χ1n) is 7.74. The van der Waals surface area contributed by atoms with E-state index < -0.39 is 5.60 Å². The zero-order chi connectivity index (χ0) is 16.8. The number of pyridine rings is 2. The number of halogens is 1. The maximum atomic E-state index is 12.5. The average molecular weight is 334 g/mol. The Labute approximate surface area is 140 Å².